The summed E-state index contributed by atoms with van der Waals surface area (Å²) in [5, 5.41) is 0. The second-order valence-electron chi connectivity index (χ2n) is 10.9. The van der Waals surface area contributed by atoms with Crippen molar-refractivity contribution in [2.75, 3.05) is 71.9 Å². The van der Waals surface area contributed by atoms with Crippen LogP contribution < -0.4 is 22.0 Å². The molecule has 2 aromatic carbocycles. The molecule has 0 bridgehead atoms. The van der Waals surface area contributed by atoms with E-state index in [1.807, 2.05) is 44.4 Å². The number of methoxy groups -OCH3 is 1. The molecule has 1 aliphatic heterocycles. The first-order valence-corrected chi connectivity index (χ1v) is 16.5. The van der Waals surface area contributed by atoms with Gasteiger partial charge in [-0.1, -0.05) is 18.9 Å². The molecule has 5 rings (SSSR count). The first-order chi connectivity index (χ1) is 20.7. The number of rotatable bonds is 10. The number of hydrogen-bond donors (Lipinski definition) is 0. The van der Waals surface area contributed by atoms with Crippen molar-refractivity contribution in [3.05, 3.63) is 54.0 Å². The summed E-state index contributed by atoms with van der Waals surface area (Å²) in [6, 6.07) is 9.05. The maximum atomic E-state index is 5.96. The number of nitrogens with zero attached hydrogens (tertiary/aromatic N) is 9. The molecule has 228 valence electrons. The van der Waals surface area contributed by atoms with E-state index in [-0.39, 0.29) is 0 Å². The largest absolute Gasteiger partial charge is 0.494 e. The third kappa shape index (κ3) is 6.14. The van der Waals surface area contributed by atoms with Gasteiger partial charge in [-0.2, -0.15) is 4.98 Å². The van der Waals surface area contributed by atoms with E-state index in [0.717, 1.165) is 71.2 Å². The van der Waals surface area contributed by atoms with Gasteiger partial charge in [0.25, 0.3) is 0 Å². The van der Waals surface area contributed by atoms with Crippen molar-refractivity contribution in [3.8, 4) is 5.75 Å². The Bertz CT molecular complexity index is 1600. The van der Waals surface area contributed by atoms with Gasteiger partial charge in [0.05, 0.1) is 52.6 Å². The van der Waals surface area contributed by atoms with Gasteiger partial charge in [-0.25, -0.2) is 4.98 Å². The molecule has 3 heterocycles. The van der Waals surface area contributed by atoms with Crippen molar-refractivity contribution in [1.82, 2.24) is 24.8 Å². The van der Waals surface area contributed by atoms with Crippen LogP contribution in [0, 0.1) is 6.92 Å². The molecule has 0 spiro atoms. The molecule has 10 nitrogen and oxygen atoms in total. The lowest BCUT2D eigenvalue weighted by Crippen LogP contribution is -2.31. The second-order valence-corrected chi connectivity index (χ2v) is 12.8. The Morgan fingerprint density at radius 1 is 1.07 bits per heavy atom. The van der Waals surface area contributed by atoms with E-state index in [9.17, 15) is 0 Å². The average Bonchev–Trinajstić information content (AvgIpc) is 3.53. The van der Waals surface area contributed by atoms with Gasteiger partial charge in [-0.3, -0.25) is 13.1 Å². The van der Waals surface area contributed by atoms with Crippen LogP contribution in [0.4, 0.5) is 34.5 Å². The van der Waals surface area contributed by atoms with Gasteiger partial charge < -0.3 is 23.7 Å². The number of ether oxygens (including phenoxy) is 1. The normalized spacial score (nSPS) is 14.9. The van der Waals surface area contributed by atoms with E-state index in [2.05, 4.69) is 89.3 Å². The number of hydrogen-bond acceptors (Lipinski definition) is 11. The van der Waals surface area contributed by atoms with Gasteiger partial charge >= 0.3 is 0 Å². The Balaban J connectivity index is 1.53. The van der Waals surface area contributed by atoms with Crippen LogP contribution >= 0.6 is 34.8 Å². The third-order valence-corrected chi connectivity index (χ3v) is 9.87. The Kier molecular flexibility index (Phi) is 9.67. The van der Waals surface area contributed by atoms with E-state index >= 15 is 0 Å². The van der Waals surface area contributed by atoms with Crippen LogP contribution in [0.15, 0.2) is 42.9 Å². The lowest BCUT2D eigenvalue weighted by Gasteiger charge is -2.28. The highest BCUT2D eigenvalue weighted by Crippen LogP contribution is 2.43. The Morgan fingerprint density at radius 3 is 2.51 bits per heavy atom. The average molecular weight is 714 g/mol. The van der Waals surface area contributed by atoms with Crippen molar-refractivity contribution in [3.63, 3.8) is 0 Å². The highest BCUT2D eigenvalue weighted by molar-refractivity contribution is 14.1. The molecule has 1 saturated heterocycles. The smallest absolute Gasteiger partial charge is 0.231 e. The molecule has 0 aliphatic carbocycles. The molecular weight excluding hydrogens is 673 g/mol. The van der Waals surface area contributed by atoms with E-state index in [1.54, 1.807) is 31.5 Å². The van der Waals surface area contributed by atoms with Gasteiger partial charge in [0.2, 0.25) is 5.95 Å². The zero-order valence-electron chi connectivity index (χ0n) is 26.2. The van der Waals surface area contributed by atoms with Crippen molar-refractivity contribution in [1.29, 1.82) is 0 Å². The molecule has 0 amide bonds. The molecule has 2 aromatic heterocycles. The van der Waals surface area contributed by atoms with E-state index < -0.39 is 0 Å². The monoisotopic (exact) mass is 713 g/mol. The fraction of sp³-hybridized carbons (Fsp3) is 0.419. The predicted octanol–water partition coefficient (Wildman–Crippen LogP) is 6.41. The number of halogens is 1. The summed E-state index contributed by atoms with van der Waals surface area (Å²) in [7, 11) is 10.1. The lowest BCUT2D eigenvalue weighted by atomic mass is 10.1. The Labute approximate surface area is 273 Å². The molecule has 43 heavy (non-hydrogen) atoms. The van der Waals surface area contributed by atoms with Crippen LogP contribution in [-0.2, 0) is 6.42 Å². The first-order valence-electron chi connectivity index (χ1n) is 14.4. The lowest BCUT2D eigenvalue weighted by molar-refractivity contribution is 0.315. The number of likely N-dealkylation sites (N-methyl/N-ethyl adjacent to an activating group) is 1. The minimum Gasteiger partial charge on any atom is -0.494 e. The van der Waals surface area contributed by atoms with Crippen LogP contribution in [-0.4, -0.2) is 85.5 Å². The third-order valence-electron chi connectivity index (χ3n) is 8.17. The van der Waals surface area contributed by atoms with Gasteiger partial charge in [0.15, 0.2) is 5.82 Å². The quantitative estimate of drug-likeness (QED) is 0.104. The van der Waals surface area contributed by atoms with Gasteiger partial charge in [-0.05, 0) is 57.6 Å². The molecule has 1 atom stereocenters. The molecule has 4 aromatic rings. The molecule has 0 N–H and O–H groups in total. The summed E-state index contributed by atoms with van der Waals surface area (Å²) in [4.78, 5) is 25.9. The van der Waals surface area contributed by atoms with Gasteiger partial charge in [0, 0.05) is 75.4 Å². The van der Waals surface area contributed by atoms with Crippen LogP contribution in [0.5, 0.6) is 5.75 Å². The zero-order chi connectivity index (χ0) is 30.8. The maximum Gasteiger partial charge on any atom is 0.231 e. The van der Waals surface area contributed by atoms with Crippen LogP contribution in [0.1, 0.15) is 24.5 Å². The highest BCUT2D eigenvalue weighted by atomic mass is 127. The molecule has 12 heteroatoms. The first kappa shape index (κ1) is 31.3. The second kappa shape index (κ2) is 13.3. The van der Waals surface area contributed by atoms with Gasteiger partial charge in [-0.15, -0.1) is 0 Å². The zero-order valence-corrected chi connectivity index (χ0v) is 29.1. The Hall–Kier alpha value is -3.10. The topological polar surface area (TPSA) is 77.0 Å². The summed E-state index contributed by atoms with van der Waals surface area (Å²) >= 11 is 3.95. The fourth-order valence-electron chi connectivity index (χ4n) is 5.56. The molecule has 0 radical (unpaired) electrons. The summed E-state index contributed by atoms with van der Waals surface area (Å²) in [5.74, 6) is 2.19. The Morgan fingerprint density at radius 2 is 1.84 bits per heavy atom. The fourth-order valence-corrected chi connectivity index (χ4v) is 6.80. The van der Waals surface area contributed by atoms with Crippen molar-refractivity contribution < 1.29 is 4.74 Å². The number of anilines is 6. The van der Waals surface area contributed by atoms with Crippen molar-refractivity contribution >= 4 is 80.4 Å². The molecular formula is C31H40IN9OS. The molecule has 0 saturated carbocycles. The molecule has 1 unspecified atom stereocenters. The SMILES string of the molecule is CCc1cc(N(C)c2ncc(C)c(N(I)c3ccc4nccnc4c3N(C)SC)n2)c(OC)cc1N1CCC(N(C)C)C1. The van der Waals surface area contributed by atoms with Crippen LogP contribution in [0.3, 0.4) is 0 Å². The number of benzene rings is 2. The van der Waals surface area contributed by atoms with E-state index in [4.69, 9.17) is 14.7 Å². The minimum atomic E-state index is 0.555. The number of aromatic nitrogens is 4. The van der Waals surface area contributed by atoms with E-state index in [1.165, 1.54) is 11.3 Å². The van der Waals surface area contributed by atoms with Crippen LogP contribution in [0.2, 0.25) is 0 Å². The highest BCUT2D eigenvalue weighted by Gasteiger charge is 2.28. The number of aryl methyl sites for hydroxylation is 2. The van der Waals surface area contributed by atoms with Crippen LogP contribution in [0.25, 0.3) is 11.0 Å². The van der Waals surface area contributed by atoms with Gasteiger partial charge in [0.1, 0.15) is 11.3 Å². The number of fused-ring (bicyclic) bond motifs is 1. The summed E-state index contributed by atoms with van der Waals surface area (Å²) in [5.41, 5.74) is 8.06. The summed E-state index contributed by atoms with van der Waals surface area (Å²) in [6.07, 6.45) is 9.46. The maximum absolute atomic E-state index is 5.96. The molecule has 1 fully saturated rings. The predicted molar refractivity (Wildman–Crippen MR) is 189 cm³/mol. The summed E-state index contributed by atoms with van der Waals surface area (Å²) < 4.78 is 10.2. The van der Waals surface area contributed by atoms with E-state index in [0.29, 0.717) is 12.0 Å². The van der Waals surface area contributed by atoms with Crippen molar-refractivity contribution in [2.24, 2.45) is 0 Å². The summed E-state index contributed by atoms with van der Waals surface area (Å²) in [6.45, 7) is 6.30. The van der Waals surface area contributed by atoms with Crippen molar-refractivity contribution in [2.45, 2.75) is 32.7 Å². The molecule has 1 aliphatic rings. The standard InChI is InChI=1S/C31H40IN9OS/c1-9-21-16-26(27(42-7)17-25(21)40-15-12-22(19-40)37(3)4)38(5)31-35-18-20(2)30(36-31)41(32)24-11-10-23-28(34-14-13-33-23)29(24)39(6)43-8/h10-11,13-14,16-18,22H,9,12,15,19H2,1-8H3. The minimum absolute atomic E-state index is 0.555.